The standard InChI is InChI=1S/C20H11ClF2N4O4S/c21-10-3-1-9(2-4-10)14(28)7-17-24-13(8-32-17)18(29)27-19-25-11-5-15-16(6-12(11)26-19)31-20(22,23)30-15/h1-6,8H,7H2,(H2,25,26,27,29). The average molecular weight is 477 g/mol. The topological polar surface area (TPSA) is 106 Å². The zero-order valence-electron chi connectivity index (χ0n) is 15.8. The number of hydrogen-bond acceptors (Lipinski definition) is 7. The minimum Gasteiger partial charge on any atom is -0.395 e. The summed E-state index contributed by atoms with van der Waals surface area (Å²) < 4.78 is 35.1. The molecule has 1 aliphatic rings. The van der Waals surface area contributed by atoms with Crippen LogP contribution in [-0.2, 0) is 6.42 Å². The number of aromatic amines is 1. The number of carbonyl (C=O) groups excluding carboxylic acids is 2. The summed E-state index contributed by atoms with van der Waals surface area (Å²) >= 11 is 7.01. The number of amides is 1. The maximum Gasteiger partial charge on any atom is 0.586 e. The number of carbonyl (C=O) groups is 2. The Morgan fingerprint density at radius 3 is 2.59 bits per heavy atom. The molecule has 0 saturated heterocycles. The molecular formula is C20H11ClF2N4O4S. The summed E-state index contributed by atoms with van der Waals surface area (Å²) in [5.41, 5.74) is 1.28. The van der Waals surface area contributed by atoms with E-state index in [-0.39, 0.29) is 35.3 Å². The van der Waals surface area contributed by atoms with E-state index in [1.165, 1.54) is 28.8 Å². The van der Waals surface area contributed by atoms with E-state index in [2.05, 4.69) is 29.7 Å². The Bertz CT molecular complexity index is 1320. The number of alkyl halides is 2. The van der Waals surface area contributed by atoms with E-state index >= 15 is 0 Å². The van der Waals surface area contributed by atoms with Crippen molar-refractivity contribution in [3.63, 3.8) is 0 Å². The van der Waals surface area contributed by atoms with Crippen molar-refractivity contribution in [1.82, 2.24) is 15.0 Å². The van der Waals surface area contributed by atoms with E-state index in [9.17, 15) is 18.4 Å². The molecule has 2 aromatic carbocycles. The Balaban J connectivity index is 1.27. The second-order valence-corrected chi connectivity index (χ2v) is 8.14. The van der Waals surface area contributed by atoms with Crippen LogP contribution in [-0.4, -0.2) is 32.9 Å². The van der Waals surface area contributed by atoms with Gasteiger partial charge in [-0.1, -0.05) is 11.6 Å². The number of anilines is 1. The third-order valence-electron chi connectivity index (χ3n) is 4.50. The number of nitrogens with zero attached hydrogens (tertiary/aromatic N) is 2. The predicted molar refractivity (Wildman–Crippen MR) is 112 cm³/mol. The van der Waals surface area contributed by atoms with Gasteiger partial charge in [0.2, 0.25) is 5.95 Å². The number of hydrogen-bond donors (Lipinski definition) is 2. The lowest BCUT2D eigenvalue weighted by molar-refractivity contribution is -0.286. The van der Waals surface area contributed by atoms with Crippen molar-refractivity contribution in [2.45, 2.75) is 12.7 Å². The molecule has 0 fully saturated rings. The molecule has 8 nitrogen and oxygen atoms in total. The Morgan fingerprint density at radius 1 is 1.12 bits per heavy atom. The van der Waals surface area contributed by atoms with Gasteiger partial charge in [-0.3, -0.25) is 14.9 Å². The Kier molecular flexibility index (Phi) is 4.79. The first-order valence-electron chi connectivity index (χ1n) is 9.10. The number of benzene rings is 2. The number of imidazole rings is 1. The number of rotatable bonds is 5. The molecule has 4 aromatic rings. The molecule has 2 aromatic heterocycles. The van der Waals surface area contributed by atoms with Gasteiger partial charge in [0.25, 0.3) is 5.91 Å². The van der Waals surface area contributed by atoms with Crippen LogP contribution in [0.5, 0.6) is 11.5 Å². The highest BCUT2D eigenvalue weighted by atomic mass is 35.5. The molecule has 0 atom stereocenters. The minimum absolute atomic E-state index is 0.0421. The molecule has 1 aliphatic heterocycles. The van der Waals surface area contributed by atoms with Gasteiger partial charge in [0.05, 0.1) is 17.5 Å². The maximum atomic E-state index is 13.2. The summed E-state index contributed by atoms with van der Waals surface area (Å²) in [7, 11) is 0. The summed E-state index contributed by atoms with van der Waals surface area (Å²) in [6, 6.07) is 9.09. The number of Topliss-reactive ketones (excluding diaryl/α,β-unsaturated/α-hetero) is 1. The van der Waals surface area contributed by atoms with E-state index in [4.69, 9.17) is 11.6 Å². The highest BCUT2D eigenvalue weighted by Crippen LogP contribution is 2.42. The van der Waals surface area contributed by atoms with Crippen LogP contribution in [0.15, 0.2) is 41.8 Å². The number of aromatic nitrogens is 3. The monoisotopic (exact) mass is 476 g/mol. The van der Waals surface area contributed by atoms with E-state index in [0.29, 0.717) is 26.6 Å². The van der Waals surface area contributed by atoms with Gasteiger partial charge >= 0.3 is 6.29 Å². The highest BCUT2D eigenvalue weighted by molar-refractivity contribution is 7.10. The Morgan fingerprint density at radius 2 is 1.84 bits per heavy atom. The molecule has 0 unspecified atom stereocenters. The lowest BCUT2D eigenvalue weighted by Crippen LogP contribution is -2.25. The van der Waals surface area contributed by atoms with Gasteiger partial charge in [0.15, 0.2) is 17.3 Å². The SMILES string of the molecule is O=C(Cc1nc(C(=O)Nc2nc3cc4c(cc3[nH]2)OC(F)(F)O4)cs1)c1ccc(Cl)cc1. The van der Waals surface area contributed by atoms with Crippen molar-refractivity contribution in [2.24, 2.45) is 0 Å². The molecule has 0 saturated carbocycles. The second kappa shape index (κ2) is 7.53. The summed E-state index contributed by atoms with van der Waals surface area (Å²) in [5, 5.41) is 5.09. The summed E-state index contributed by atoms with van der Waals surface area (Å²) in [6.07, 6.45) is -3.68. The smallest absolute Gasteiger partial charge is 0.395 e. The number of halogens is 3. The first-order chi connectivity index (χ1) is 15.3. The van der Waals surface area contributed by atoms with Crippen LogP contribution in [0, 0.1) is 0 Å². The molecule has 2 N–H and O–H groups in total. The van der Waals surface area contributed by atoms with Crippen molar-refractivity contribution in [3.05, 3.63) is 63.1 Å². The lowest BCUT2D eigenvalue weighted by atomic mass is 10.1. The normalized spacial score (nSPS) is 14.0. The van der Waals surface area contributed by atoms with Crippen LogP contribution < -0.4 is 14.8 Å². The van der Waals surface area contributed by atoms with Crippen molar-refractivity contribution >= 4 is 51.6 Å². The molecule has 0 spiro atoms. The zero-order valence-corrected chi connectivity index (χ0v) is 17.4. The van der Waals surface area contributed by atoms with Crippen molar-refractivity contribution < 1.29 is 27.8 Å². The van der Waals surface area contributed by atoms with Gasteiger partial charge < -0.3 is 14.5 Å². The predicted octanol–water partition coefficient (Wildman–Crippen LogP) is 4.67. The molecule has 32 heavy (non-hydrogen) atoms. The molecular weight excluding hydrogens is 466 g/mol. The molecule has 1 amide bonds. The highest BCUT2D eigenvalue weighted by Gasteiger charge is 2.43. The lowest BCUT2D eigenvalue weighted by Gasteiger charge is -2.04. The number of nitrogens with one attached hydrogen (secondary N) is 2. The first kappa shape index (κ1) is 20.3. The maximum absolute atomic E-state index is 13.2. The third kappa shape index (κ3) is 3.99. The van der Waals surface area contributed by atoms with Gasteiger partial charge in [-0.05, 0) is 24.3 Å². The van der Waals surface area contributed by atoms with Gasteiger partial charge in [-0.15, -0.1) is 20.1 Å². The fourth-order valence-corrected chi connectivity index (χ4v) is 3.96. The third-order valence-corrected chi connectivity index (χ3v) is 5.60. The second-order valence-electron chi connectivity index (χ2n) is 6.76. The van der Waals surface area contributed by atoms with E-state index in [1.807, 2.05) is 0 Å². The van der Waals surface area contributed by atoms with Gasteiger partial charge in [-0.25, -0.2) is 9.97 Å². The van der Waals surface area contributed by atoms with Crippen molar-refractivity contribution in [1.29, 1.82) is 0 Å². The van der Waals surface area contributed by atoms with E-state index in [1.54, 1.807) is 24.3 Å². The van der Waals surface area contributed by atoms with Crippen LogP contribution in [0.4, 0.5) is 14.7 Å². The largest absolute Gasteiger partial charge is 0.586 e. The van der Waals surface area contributed by atoms with Crippen LogP contribution in [0.25, 0.3) is 11.0 Å². The molecule has 0 bridgehead atoms. The van der Waals surface area contributed by atoms with Gasteiger partial charge in [0.1, 0.15) is 10.7 Å². The summed E-state index contributed by atoms with van der Waals surface area (Å²) in [6.45, 7) is 0. The van der Waals surface area contributed by atoms with Gasteiger partial charge in [0, 0.05) is 28.1 Å². The Labute approximate surface area is 187 Å². The summed E-state index contributed by atoms with van der Waals surface area (Å²) in [5.74, 6) is -0.896. The zero-order chi connectivity index (χ0) is 22.5. The number of ketones is 1. The minimum atomic E-state index is -3.73. The first-order valence-corrected chi connectivity index (χ1v) is 10.4. The molecule has 162 valence electrons. The van der Waals surface area contributed by atoms with Crippen LogP contribution in [0.3, 0.4) is 0 Å². The number of ether oxygens (including phenoxy) is 2. The fourth-order valence-electron chi connectivity index (χ4n) is 3.06. The molecule has 5 rings (SSSR count). The number of H-pyrrole nitrogens is 1. The van der Waals surface area contributed by atoms with Crippen LogP contribution in [0.2, 0.25) is 5.02 Å². The van der Waals surface area contributed by atoms with Crippen LogP contribution >= 0.6 is 22.9 Å². The Hall–Kier alpha value is -3.57. The van der Waals surface area contributed by atoms with Crippen molar-refractivity contribution in [3.8, 4) is 11.5 Å². The number of thiazole rings is 1. The van der Waals surface area contributed by atoms with E-state index < -0.39 is 12.2 Å². The number of fused-ring (bicyclic) bond motifs is 2. The van der Waals surface area contributed by atoms with Crippen molar-refractivity contribution in [2.75, 3.05) is 5.32 Å². The molecule has 12 heteroatoms. The summed E-state index contributed by atoms with van der Waals surface area (Å²) in [4.78, 5) is 36.0. The quantitative estimate of drug-likeness (QED) is 0.405. The van der Waals surface area contributed by atoms with E-state index in [0.717, 1.165) is 0 Å². The fraction of sp³-hybridized carbons (Fsp3) is 0.100. The van der Waals surface area contributed by atoms with Crippen LogP contribution in [0.1, 0.15) is 25.9 Å². The average Bonchev–Trinajstić information content (AvgIpc) is 3.41. The molecule has 0 radical (unpaired) electrons. The molecule has 0 aliphatic carbocycles. The molecule has 3 heterocycles. The van der Waals surface area contributed by atoms with Gasteiger partial charge in [-0.2, -0.15) is 0 Å².